The monoisotopic (exact) mass is 367 g/mol. The van der Waals surface area contributed by atoms with Gasteiger partial charge in [0.1, 0.15) is 0 Å². The molecule has 0 aliphatic carbocycles. The van der Waals surface area contributed by atoms with Gasteiger partial charge < -0.3 is 4.57 Å². The van der Waals surface area contributed by atoms with E-state index in [1.807, 2.05) is 12.5 Å². The first-order valence-electron chi connectivity index (χ1n) is 7.78. The topological polar surface area (TPSA) is 21.1 Å². The fourth-order valence-corrected chi connectivity index (χ4v) is 4.12. The van der Waals surface area contributed by atoms with E-state index in [4.69, 9.17) is 0 Å². The normalized spacial score (nSPS) is 16.9. The van der Waals surface area contributed by atoms with E-state index in [-0.39, 0.29) is 5.54 Å². The lowest BCUT2D eigenvalue weighted by atomic mass is 9.81. The molecule has 1 aliphatic rings. The Kier molecular flexibility index (Phi) is 3.79. The van der Waals surface area contributed by atoms with E-state index in [1.54, 1.807) is 0 Å². The molecular weight excluding hydrogens is 350 g/mol. The van der Waals surface area contributed by atoms with E-state index in [2.05, 4.69) is 91.2 Å². The zero-order chi connectivity index (χ0) is 15.7. The Morgan fingerprint density at radius 2 is 1.74 bits per heavy atom. The van der Waals surface area contributed by atoms with Crippen LogP contribution < -0.4 is 0 Å². The molecule has 1 saturated heterocycles. The van der Waals surface area contributed by atoms with Crippen molar-refractivity contribution in [1.82, 2.24) is 14.5 Å². The predicted octanol–water partition coefficient (Wildman–Crippen LogP) is 3.91. The quantitative estimate of drug-likeness (QED) is 0.696. The van der Waals surface area contributed by atoms with Gasteiger partial charge in [-0.2, -0.15) is 0 Å². The van der Waals surface area contributed by atoms with Gasteiger partial charge in [0.15, 0.2) is 0 Å². The van der Waals surface area contributed by atoms with Crippen molar-refractivity contribution in [2.75, 3.05) is 13.1 Å². The molecular formula is C19H18BrN3. The highest BCUT2D eigenvalue weighted by Crippen LogP contribution is 2.40. The van der Waals surface area contributed by atoms with E-state index < -0.39 is 0 Å². The van der Waals surface area contributed by atoms with Gasteiger partial charge in [-0.05, 0) is 17.2 Å². The zero-order valence-corrected chi connectivity index (χ0v) is 14.4. The van der Waals surface area contributed by atoms with Gasteiger partial charge in [-0.1, -0.05) is 64.5 Å². The molecule has 2 aromatic carbocycles. The molecule has 0 saturated carbocycles. The first kappa shape index (κ1) is 14.7. The van der Waals surface area contributed by atoms with Crippen LogP contribution in [0.3, 0.4) is 0 Å². The minimum atomic E-state index is -0.0363. The number of nitrogens with zero attached hydrogens (tertiary/aromatic N) is 3. The van der Waals surface area contributed by atoms with Crippen LogP contribution in [-0.2, 0) is 12.1 Å². The molecule has 0 bridgehead atoms. The number of hydrogen-bond donors (Lipinski definition) is 0. The summed E-state index contributed by atoms with van der Waals surface area (Å²) in [5.74, 6) is 0. The second kappa shape index (κ2) is 5.95. The molecule has 3 aromatic rings. The summed E-state index contributed by atoms with van der Waals surface area (Å²) < 4.78 is 3.40. The van der Waals surface area contributed by atoms with Crippen LogP contribution in [0.25, 0.3) is 0 Å². The van der Waals surface area contributed by atoms with Gasteiger partial charge in [-0.25, -0.2) is 4.98 Å². The summed E-state index contributed by atoms with van der Waals surface area (Å²) >= 11 is 3.73. The number of benzene rings is 2. The third-order valence-corrected chi connectivity index (χ3v) is 5.28. The molecule has 1 aromatic heterocycles. The maximum Gasteiger partial charge on any atom is 0.0969 e. The van der Waals surface area contributed by atoms with Crippen molar-refractivity contribution in [3.8, 4) is 0 Å². The Hall–Kier alpha value is -1.91. The van der Waals surface area contributed by atoms with E-state index in [9.17, 15) is 0 Å². The number of hydrogen-bond acceptors (Lipinski definition) is 2. The maximum absolute atomic E-state index is 4.26. The van der Waals surface area contributed by atoms with E-state index >= 15 is 0 Å². The minimum absolute atomic E-state index is 0.0363. The summed E-state index contributed by atoms with van der Waals surface area (Å²) in [5, 5.41) is 0. The first-order chi connectivity index (χ1) is 11.3. The zero-order valence-electron chi connectivity index (χ0n) is 12.8. The van der Waals surface area contributed by atoms with Crippen LogP contribution in [-0.4, -0.2) is 27.5 Å². The van der Waals surface area contributed by atoms with Crippen LogP contribution in [0.2, 0.25) is 0 Å². The Morgan fingerprint density at radius 3 is 2.43 bits per heavy atom. The second-order valence-electron chi connectivity index (χ2n) is 6.11. The van der Waals surface area contributed by atoms with Gasteiger partial charge in [0.2, 0.25) is 0 Å². The second-order valence-corrected chi connectivity index (χ2v) is 6.97. The molecule has 116 valence electrons. The van der Waals surface area contributed by atoms with Gasteiger partial charge in [-0.3, -0.25) is 4.90 Å². The van der Waals surface area contributed by atoms with Crippen molar-refractivity contribution in [3.63, 3.8) is 0 Å². The average Bonchev–Trinajstić information content (AvgIpc) is 3.07. The third-order valence-electron chi connectivity index (χ3n) is 4.59. The molecule has 1 fully saturated rings. The SMILES string of the molecule is Brc1ccccc1C1(n2ccnc2)CN(Cc2ccccc2)C1. The van der Waals surface area contributed by atoms with Gasteiger partial charge in [0.25, 0.3) is 0 Å². The summed E-state index contributed by atoms with van der Waals surface area (Å²) in [6.07, 6.45) is 5.86. The Bertz CT molecular complexity index is 777. The molecule has 0 spiro atoms. The van der Waals surface area contributed by atoms with Crippen LogP contribution in [0.4, 0.5) is 0 Å². The number of rotatable bonds is 4. The fourth-order valence-electron chi connectivity index (χ4n) is 3.47. The molecule has 0 radical (unpaired) electrons. The molecule has 0 amide bonds. The molecule has 0 N–H and O–H groups in total. The molecule has 4 heteroatoms. The van der Waals surface area contributed by atoms with Gasteiger partial charge >= 0.3 is 0 Å². The van der Waals surface area contributed by atoms with E-state index in [1.165, 1.54) is 11.1 Å². The van der Waals surface area contributed by atoms with Gasteiger partial charge in [-0.15, -0.1) is 0 Å². The van der Waals surface area contributed by atoms with Gasteiger partial charge in [0, 0.05) is 36.5 Å². The van der Waals surface area contributed by atoms with Crippen molar-refractivity contribution in [2.45, 2.75) is 12.1 Å². The summed E-state index contributed by atoms with van der Waals surface area (Å²) in [7, 11) is 0. The summed E-state index contributed by atoms with van der Waals surface area (Å²) in [4.78, 5) is 6.74. The molecule has 0 atom stereocenters. The third kappa shape index (κ3) is 2.62. The lowest BCUT2D eigenvalue weighted by Crippen LogP contribution is -2.62. The highest BCUT2D eigenvalue weighted by atomic mass is 79.9. The summed E-state index contributed by atoms with van der Waals surface area (Å²) in [6.45, 7) is 2.96. The number of likely N-dealkylation sites (tertiary alicyclic amines) is 1. The van der Waals surface area contributed by atoms with E-state index in [0.29, 0.717) is 0 Å². The van der Waals surface area contributed by atoms with Crippen LogP contribution >= 0.6 is 15.9 Å². The molecule has 3 nitrogen and oxygen atoms in total. The maximum atomic E-state index is 4.26. The number of imidazole rings is 1. The molecule has 2 heterocycles. The highest BCUT2D eigenvalue weighted by Gasteiger charge is 2.46. The molecule has 4 rings (SSSR count). The van der Waals surface area contributed by atoms with Crippen LogP contribution in [0.15, 0.2) is 77.8 Å². The summed E-state index contributed by atoms with van der Waals surface area (Å²) in [6, 6.07) is 19.2. The lowest BCUT2D eigenvalue weighted by molar-refractivity contribution is 0.0349. The average molecular weight is 368 g/mol. The van der Waals surface area contributed by atoms with Gasteiger partial charge in [0.05, 0.1) is 11.9 Å². The van der Waals surface area contributed by atoms with Crippen LogP contribution in [0.5, 0.6) is 0 Å². The molecule has 1 aliphatic heterocycles. The predicted molar refractivity (Wildman–Crippen MR) is 95.2 cm³/mol. The van der Waals surface area contributed by atoms with Crippen molar-refractivity contribution in [3.05, 3.63) is 88.9 Å². The lowest BCUT2D eigenvalue weighted by Gasteiger charge is -2.51. The van der Waals surface area contributed by atoms with Crippen LogP contribution in [0, 0.1) is 0 Å². The van der Waals surface area contributed by atoms with Crippen molar-refractivity contribution in [1.29, 1.82) is 0 Å². The van der Waals surface area contributed by atoms with E-state index in [0.717, 1.165) is 24.1 Å². The van der Waals surface area contributed by atoms with Crippen molar-refractivity contribution < 1.29 is 0 Å². The highest BCUT2D eigenvalue weighted by molar-refractivity contribution is 9.10. The minimum Gasteiger partial charge on any atom is -0.325 e. The number of aromatic nitrogens is 2. The largest absolute Gasteiger partial charge is 0.325 e. The Morgan fingerprint density at radius 1 is 1.00 bits per heavy atom. The number of halogens is 1. The first-order valence-corrected chi connectivity index (χ1v) is 8.57. The smallest absolute Gasteiger partial charge is 0.0969 e. The van der Waals surface area contributed by atoms with Crippen molar-refractivity contribution in [2.24, 2.45) is 0 Å². The fraction of sp³-hybridized carbons (Fsp3) is 0.211. The molecule has 0 unspecified atom stereocenters. The van der Waals surface area contributed by atoms with Crippen LogP contribution in [0.1, 0.15) is 11.1 Å². The Labute approximate surface area is 144 Å². The van der Waals surface area contributed by atoms with Crippen molar-refractivity contribution >= 4 is 15.9 Å². The standard InChI is InChI=1S/C19H18BrN3/c20-18-9-5-4-8-17(18)19(23-11-10-21-15-23)13-22(14-19)12-16-6-2-1-3-7-16/h1-11,15H,12-14H2. The Balaban J connectivity index is 1.62. The summed E-state index contributed by atoms with van der Waals surface area (Å²) in [5.41, 5.74) is 2.65. The molecule has 23 heavy (non-hydrogen) atoms.